The van der Waals surface area contributed by atoms with Crippen molar-refractivity contribution in [3.8, 4) is 9.88 Å². The molecule has 1 aromatic carbocycles. The van der Waals surface area contributed by atoms with E-state index in [9.17, 15) is 9.59 Å². The third-order valence-electron chi connectivity index (χ3n) is 3.12. The van der Waals surface area contributed by atoms with E-state index in [4.69, 9.17) is 5.73 Å². The van der Waals surface area contributed by atoms with Crippen LogP contribution >= 0.6 is 22.7 Å². The van der Waals surface area contributed by atoms with E-state index in [0.29, 0.717) is 21.9 Å². The van der Waals surface area contributed by atoms with Gasteiger partial charge in [-0.2, -0.15) is 0 Å². The number of aryl methyl sites for hydroxylation is 1. The molecule has 0 aliphatic heterocycles. The summed E-state index contributed by atoms with van der Waals surface area (Å²) in [5.41, 5.74) is 6.86. The van der Waals surface area contributed by atoms with Gasteiger partial charge < -0.3 is 16.4 Å². The van der Waals surface area contributed by atoms with Crippen molar-refractivity contribution < 1.29 is 9.59 Å². The molecule has 2 aromatic heterocycles. The molecule has 0 fully saturated rings. The molecule has 0 radical (unpaired) electrons. The maximum absolute atomic E-state index is 12.5. The fourth-order valence-electron chi connectivity index (χ4n) is 2.12. The van der Waals surface area contributed by atoms with E-state index in [0.717, 1.165) is 9.88 Å². The number of nitrogens with one attached hydrogen (secondary N) is 2. The number of primary amides is 1. The van der Waals surface area contributed by atoms with Gasteiger partial charge in [-0.1, -0.05) is 12.1 Å². The fraction of sp³-hybridized carbons (Fsp3) is 0.0625. The second-order valence-corrected chi connectivity index (χ2v) is 6.88. The van der Waals surface area contributed by atoms with E-state index in [1.807, 2.05) is 24.4 Å². The Kier molecular flexibility index (Phi) is 4.59. The summed E-state index contributed by atoms with van der Waals surface area (Å²) in [6, 6.07) is 10.1. The lowest BCUT2D eigenvalue weighted by atomic mass is 10.2. The van der Waals surface area contributed by atoms with Crippen molar-refractivity contribution >= 4 is 46.0 Å². The number of nitrogens with two attached hydrogens (primary N) is 1. The number of anilines is 2. The van der Waals surface area contributed by atoms with Gasteiger partial charge >= 0.3 is 6.03 Å². The molecular formula is C16H14N4O2S2. The molecule has 3 aromatic rings. The molecule has 24 heavy (non-hydrogen) atoms. The number of aromatic nitrogens is 1. The monoisotopic (exact) mass is 358 g/mol. The van der Waals surface area contributed by atoms with Crippen LogP contribution in [0.25, 0.3) is 9.88 Å². The van der Waals surface area contributed by atoms with Crippen LogP contribution < -0.4 is 16.4 Å². The molecule has 0 atom stereocenters. The van der Waals surface area contributed by atoms with Crippen molar-refractivity contribution in [1.82, 2.24) is 4.98 Å². The molecule has 0 saturated carbocycles. The average Bonchev–Trinajstić information content (AvgIpc) is 3.16. The Balaban J connectivity index is 1.79. The van der Waals surface area contributed by atoms with Crippen molar-refractivity contribution in [3.05, 3.63) is 52.3 Å². The van der Waals surface area contributed by atoms with Gasteiger partial charge in [-0.15, -0.1) is 22.7 Å². The van der Waals surface area contributed by atoms with Gasteiger partial charge in [-0.05, 0) is 36.6 Å². The van der Waals surface area contributed by atoms with Gasteiger partial charge in [0.15, 0.2) is 0 Å². The fourth-order valence-corrected chi connectivity index (χ4v) is 3.88. The number of hydrogen-bond donors (Lipinski definition) is 3. The van der Waals surface area contributed by atoms with Gasteiger partial charge in [0.05, 0.1) is 10.6 Å². The molecule has 6 nitrogen and oxygen atoms in total. The van der Waals surface area contributed by atoms with Crippen LogP contribution in [-0.4, -0.2) is 16.9 Å². The van der Waals surface area contributed by atoms with Crippen molar-refractivity contribution in [2.45, 2.75) is 6.92 Å². The highest BCUT2D eigenvalue weighted by atomic mass is 32.1. The van der Waals surface area contributed by atoms with Gasteiger partial charge in [0.25, 0.3) is 5.91 Å². The Morgan fingerprint density at radius 1 is 1.12 bits per heavy atom. The lowest BCUT2D eigenvalue weighted by Crippen LogP contribution is -2.19. The Morgan fingerprint density at radius 2 is 1.88 bits per heavy atom. The van der Waals surface area contributed by atoms with E-state index in [1.165, 1.54) is 11.3 Å². The summed E-state index contributed by atoms with van der Waals surface area (Å²) in [5, 5.41) is 8.09. The minimum atomic E-state index is -0.655. The lowest BCUT2D eigenvalue weighted by molar-refractivity contribution is 0.103. The van der Waals surface area contributed by atoms with E-state index < -0.39 is 6.03 Å². The van der Waals surface area contributed by atoms with Crippen molar-refractivity contribution in [2.24, 2.45) is 5.73 Å². The highest BCUT2D eigenvalue weighted by molar-refractivity contribution is 7.22. The van der Waals surface area contributed by atoms with E-state index in [1.54, 1.807) is 35.6 Å². The highest BCUT2D eigenvalue weighted by Gasteiger charge is 2.17. The Bertz CT molecular complexity index is 887. The normalized spacial score (nSPS) is 10.4. The number of benzene rings is 1. The minimum absolute atomic E-state index is 0.232. The molecule has 0 unspecified atom stereocenters. The summed E-state index contributed by atoms with van der Waals surface area (Å²) >= 11 is 2.94. The quantitative estimate of drug-likeness (QED) is 0.659. The summed E-state index contributed by atoms with van der Waals surface area (Å²) in [5.74, 6) is -0.232. The van der Waals surface area contributed by atoms with Crippen molar-refractivity contribution in [2.75, 3.05) is 10.6 Å². The first-order chi connectivity index (χ1) is 11.5. The first-order valence-electron chi connectivity index (χ1n) is 7.02. The summed E-state index contributed by atoms with van der Waals surface area (Å²) < 4.78 is 0. The molecule has 4 N–H and O–H groups in total. The molecular weight excluding hydrogens is 344 g/mol. The van der Waals surface area contributed by atoms with Gasteiger partial charge in [0, 0.05) is 11.4 Å². The largest absolute Gasteiger partial charge is 0.351 e. The third kappa shape index (κ3) is 3.61. The number of thiophene rings is 1. The smallest absolute Gasteiger partial charge is 0.316 e. The number of nitrogens with zero attached hydrogens (tertiary/aromatic N) is 1. The number of amides is 3. The van der Waals surface area contributed by atoms with Crippen LogP contribution in [0.2, 0.25) is 0 Å². The second kappa shape index (κ2) is 6.81. The first-order valence-corrected chi connectivity index (χ1v) is 8.72. The highest BCUT2D eigenvalue weighted by Crippen LogP contribution is 2.31. The van der Waals surface area contributed by atoms with Crippen LogP contribution in [-0.2, 0) is 0 Å². The van der Waals surface area contributed by atoms with E-state index in [-0.39, 0.29) is 5.91 Å². The molecule has 0 bridgehead atoms. The predicted octanol–water partition coefficient (Wildman–Crippen LogP) is 3.92. The van der Waals surface area contributed by atoms with Crippen LogP contribution in [0.15, 0.2) is 41.8 Å². The molecule has 0 aliphatic carbocycles. The lowest BCUT2D eigenvalue weighted by Gasteiger charge is -2.07. The zero-order valence-corrected chi connectivity index (χ0v) is 14.3. The Labute approximate surface area is 146 Å². The van der Waals surface area contributed by atoms with Crippen LogP contribution in [0.1, 0.15) is 15.4 Å². The van der Waals surface area contributed by atoms with Crippen LogP contribution in [0, 0.1) is 6.92 Å². The summed E-state index contributed by atoms with van der Waals surface area (Å²) in [6.45, 7) is 1.81. The zero-order valence-electron chi connectivity index (χ0n) is 12.7. The van der Waals surface area contributed by atoms with Crippen LogP contribution in [0.4, 0.5) is 16.2 Å². The molecule has 122 valence electrons. The number of thiazole rings is 1. The van der Waals surface area contributed by atoms with Gasteiger partial charge in [0.2, 0.25) is 0 Å². The predicted molar refractivity (Wildman–Crippen MR) is 97.8 cm³/mol. The van der Waals surface area contributed by atoms with E-state index in [2.05, 4.69) is 15.6 Å². The minimum Gasteiger partial charge on any atom is -0.351 e. The number of carbonyl (C=O) groups is 2. The number of hydrogen-bond acceptors (Lipinski definition) is 5. The standard InChI is InChI=1S/C16H14N4O2S2/c1-9-13(24-15(18-9)12-6-3-7-23-12)14(21)19-10-4-2-5-11(8-10)20-16(17)22/h2-8H,1H3,(H,19,21)(H3,17,20,22). The zero-order chi connectivity index (χ0) is 17.1. The molecule has 0 aliphatic rings. The maximum atomic E-state index is 12.5. The Morgan fingerprint density at radius 3 is 2.54 bits per heavy atom. The van der Waals surface area contributed by atoms with E-state index >= 15 is 0 Å². The number of rotatable bonds is 4. The second-order valence-electron chi connectivity index (χ2n) is 4.94. The molecule has 3 rings (SSSR count). The average molecular weight is 358 g/mol. The molecule has 2 heterocycles. The Hall–Kier alpha value is -2.71. The molecule has 8 heteroatoms. The third-order valence-corrected chi connectivity index (χ3v) is 5.32. The van der Waals surface area contributed by atoms with Crippen LogP contribution in [0.5, 0.6) is 0 Å². The van der Waals surface area contributed by atoms with Crippen LogP contribution in [0.3, 0.4) is 0 Å². The van der Waals surface area contributed by atoms with Gasteiger partial charge in [-0.3, -0.25) is 4.79 Å². The maximum Gasteiger partial charge on any atom is 0.316 e. The summed E-state index contributed by atoms with van der Waals surface area (Å²) in [6.07, 6.45) is 0. The molecule has 0 spiro atoms. The SMILES string of the molecule is Cc1nc(-c2cccs2)sc1C(=O)Nc1cccc(NC(N)=O)c1. The first kappa shape index (κ1) is 16.2. The summed E-state index contributed by atoms with van der Waals surface area (Å²) in [7, 11) is 0. The van der Waals surface area contributed by atoms with Crippen molar-refractivity contribution in [1.29, 1.82) is 0 Å². The van der Waals surface area contributed by atoms with Gasteiger partial charge in [-0.25, -0.2) is 9.78 Å². The number of urea groups is 1. The van der Waals surface area contributed by atoms with Gasteiger partial charge in [0.1, 0.15) is 9.88 Å². The summed E-state index contributed by atoms with van der Waals surface area (Å²) in [4.78, 5) is 29.5. The number of carbonyl (C=O) groups excluding carboxylic acids is 2. The molecule has 3 amide bonds. The van der Waals surface area contributed by atoms with Crippen molar-refractivity contribution in [3.63, 3.8) is 0 Å². The topological polar surface area (TPSA) is 97.1 Å². The molecule has 0 saturated heterocycles.